The summed E-state index contributed by atoms with van der Waals surface area (Å²) in [6, 6.07) is 5.45. The maximum atomic E-state index is 12.2. The Morgan fingerprint density at radius 3 is 3.00 bits per heavy atom. The predicted octanol–water partition coefficient (Wildman–Crippen LogP) is 0.340. The van der Waals surface area contributed by atoms with Gasteiger partial charge in [0.1, 0.15) is 11.9 Å². The Hall–Kier alpha value is -2.66. The minimum atomic E-state index is -0.206. The SMILES string of the molecule is C[C@H](N)/C=N/OCC(=O)N1CCN(c2ccc(C#N)cn2)C[C@H]1C. The molecule has 0 aliphatic carbocycles. The van der Waals surface area contributed by atoms with Crippen LogP contribution in [-0.4, -0.2) is 60.3 Å². The van der Waals surface area contributed by atoms with Crippen LogP contribution in [0.4, 0.5) is 5.82 Å². The molecule has 1 aliphatic rings. The zero-order valence-electron chi connectivity index (χ0n) is 13.9. The van der Waals surface area contributed by atoms with Gasteiger partial charge in [-0.2, -0.15) is 5.26 Å². The number of carbonyl (C=O) groups is 1. The zero-order valence-corrected chi connectivity index (χ0v) is 13.9. The van der Waals surface area contributed by atoms with Gasteiger partial charge in [0.15, 0.2) is 6.61 Å². The molecule has 0 saturated carbocycles. The number of amides is 1. The maximum Gasteiger partial charge on any atom is 0.263 e. The molecule has 1 amide bonds. The smallest absolute Gasteiger partial charge is 0.263 e. The van der Waals surface area contributed by atoms with Crippen LogP contribution in [0.1, 0.15) is 19.4 Å². The first-order valence-corrected chi connectivity index (χ1v) is 7.83. The van der Waals surface area contributed by atoms with Crippen molar-refractivity contribution in [1.82, 2.24) is 9.88 Å². The largest absolute Gasteiger partial charge is 0.386 e. The Bertz CT molecular complexity index is 622. The van der Waals surface area contributed by atoms with E-state index in [9.17, 15) is 4.79 Å². The molecule has 1 aromatic rings. The van der Waals surface area contributed by atoms with Gasteiger partial charge in [-0.25, -0.2) is 4.98 Å². The van der Waals surface area contributed by atoms with Gasteiger partial charge in [-0.15, -0.1) is 0 Å². The molecule has 1 fully saturated rings. The molecule has 0 radical (unpaired) electrons. The standard InChI is InChI=1S/C16H22N6O2/c1-12(18)8-20-24-11-16(23)22-6-5-21(10-13(22)2)15-4-3-14(7-17)9-19-15/h3-4,8-9,12-13H,5-6,10-11,18H2,1-2H3/b20-8+/t12-,13+/m0/s1. The number of nitriles is 1. The quantitative estimate of drug-likeness (QED) is 0.616. The fourth-order valence-electron chi connectivity index (χ4n) is 2.49. The van der Waals surface area contributed by atoms with E-state index in [1.54, 1.807) is 24.1 Å². The first-order valence-electron chi connectivity index (χ1n) is 7.83. The van der Waals surface area contributed by atoms with E-state index in [1.807, 2.05) is 13.0 Å². The molecule has 0 spiro atoms. The van der Waals surface area contributed by atoms with Gasteiger partial charge < -0.3 is 20.4 Å². The lowest BCUT2D eigenvalue weighted by molar-refractivity contribution is -0.138. The average Bonchev–Trinajstić information content (AvgIpc) is 2.58. The number of pyridine rings is 1. The summed E-state index contributed by atoms with van der Waals surface area (Å²) in [6.45, 7) is 5.60. The highest BCUT2D eigenvalue weighted by Crippen LogP contribution is 2.17. The second kappa shape index (κ2) is 8.26. The van der Waals surface area contributed by atoms with Crippen molar-refractivity contribution in [2.45, 2.75) is 25.9 Å². The average molecular weight is 330 g/mol. The molecule has 2 atom stereocenters. The topological polar surface area (TPSA) is 108 Å². The predicted molar refractivity (Wildman–Crippen MR) is 90.4 cm³/mol. The number of nitrogens with two attached hydrogens (primary N) is 1. The van der Waals surface area contributed by atoms with Crippen LogP contribution < -0.4 is 10.6 Å². The summed E-state index contributed by atoms with van der Waals surface area (Å²) < 4.78 is 0. The van der Waals surface area contributed by atoms with Crippen molar-refractivity contribution in [3.05, 3.63) is 23.9 Å². The Kier molecular flexibility index (Phi) is 6.09. The van der Waals surface area contributed by atoms with Crippen molar-refractivity contribution in [3.63, 3.8) is 0 Å². The van der Waals surface area contributed by atoms with Gasteiger partial charge in [-0.1, -0.05) is 5.16 Å². The molecule has 1 aliphatic heterocycles. The maximum absolute atomic E-state index is 12.2. The van der Waals surface area contributed by atoms with Crippen LogP contribution in [0, 0.1) is 11.3 Å². The fraction of sp³-hybridized carbons (Fsp3) is 0.500. The van der Waals surface area contributed by atoms with Gasteiger partial charge in [0.25, 0.3) is 5.91 Å². The molecule has 128 valence electrons. The van der Waals surface area contributed by atoms with Crippen molar-refractivity contribution in [2.75, 3.05) is 31.1 Å². The van der Waals surface area contributed by atoms with Crippen molar-refractivity contribution < 1.29 is 9.63 Å². The van der Waals surface area contributed by atoms with Crippen molar-refractivity contribution in [2.24, 2.45) is 10.9 Å². The molecule has 1 saturated heterocycles. The minimum Gasteiger partial charge on any atom is -0.386 e. The van der Waals surface area contributed by atoms with Gasteiger partial charge >= 0.3 is 0 Å². The van der Waals surface area contributed by atoms with Gasteiger partial charge in [-0.3, -0.25) is 4.79 Å². The third-order valence-electron chi connectivity index (χ3n) is 3.71. The molecule has 8 heteroatoms. The number of piperazine rings is 1. The van der Waals surface area contributed by atoms with Crippen molar-refractivity contribution in [1.29, 1.82) is 5.26 Å². The van der Waals surface area contributed by atoms with Crippen LogP contribution in [0.25, 0.3) is 0 Å². The highest BCUT2D eigenvalue weighted by atomic mass is 16.6. The number of hydrogen-bond acceptors (Lipinski definition) is 7. The molecule has 0 unspecified atom stereocenters. The number of oxime groups is 1. The highest BCUT2D eigenvalue weighted by molar-refractivity contribution is 5.78. The summed E-state index contributed by atoms with van der Waals surface area (Å²) in [4.78, 5) is 25.4. The minimum absolute atomic E-state index is 0.0321. The lowest BCUT2D eigenvalue weighted by Crippen LogP contribution is -2.55. The molecule has 24 heavy (non-hydrogen) atoms. The van der Waals surface area contributed by atoms with Gasteiger partial charge in [-0.05, 0) is 26.0 Å². The number of nitrogens with zero attached hydrogens (tertiary/aromatic N) is 5. The first-order chi connectivity index (χ1) is 11.5. The number of hydrogen-bond donors (Lipinski definition) is 1. The Balaban J connectivity index is 1.87. The van der Waals surface area contributed by atoms with Gasteiger partial charge in [0, 0.05) is 37.9 Å². The molecular formula is C16H22N6O2. The summed E-state index contributed by atoms with van der Waals surface area (Å²) in [5.74, 6) is 0.711. The molecule has 1 aromatic heterocycles. The molecule has 2 heterocycles. The second-order valence-electron chi connectivity index (χ2n) is 5.79. The first kappa shape index (κ1) is 17.7. The summed E-state index contributed by atoms with van der Waals surface area (Å²) in [6.07, 6.45) is 3.01. The fourth-order valence-corrected chi connectivity index (χ4v) is 2.49. The number of aromatic nitrogens is 1. The lowest BCUT2D eigenvalue weighted by Gasteiger charge is -2.40. The van der Waals surface area contributed by atoms with Gasteiger partial charge in [0.2, 0.25) is 0 Å². The molecule has 0 aromatic carbocycles. The summed E-state index contributed by atoms with van der Waals surface area (Å²) in [7, 11) is 0. The molecule has 2 N–H and O–H groups in total. The van der Waals surface area contributed by atoms with E-state index in [-0.39, 0.29) is 24.6 Å². The normalized spacial score (nSPS) is 19.2. The number of rotatable bonds is 5. The van der Waals surface area contributed by atoms with Crippen LogP contribution in [-0.2, 0) is 9.63 Å². The Morgan fingerprint density at radius 1 is 1.62 bits per heavy atom. The van der Waals surface area contributed by atoms with Crippen LogP contribution in [0.5, 0.6) is 0 Å². The van der Waals surface area contributed by atoms with Crippen LogP contribution >= 0.6 is 0 Å². The third-order valence-corrected chi connectivity index (χ3v) is 3.71. The highest BCUT2D eigenvalue weighted by Gasteiger charge is 2.28. The summed E-state index contributed by atoms with van der Waals surface area (Å²) in [5.41, 5.74) is 6.04. The number of anilines is 1. The molecule has 0 bridgehead atoms. The van der Waals surface area contributed by atoms with E-state index in [0.29, 0.717) is 25.2 Å². The number of carbonyl (C=O) groups excluding carboxylic acids is 1. The lowest BCUT2D eigenvalue weighted by atomic mass is 10.2. The van der Waals surface area contributed by atoms with Crippen molar-refractivity contribution >= 4 is 17.9 Å². The molecule has 8 nitrogen and oxygen atoms in total. The van der Waals surface area contributed by atoms with E-state index in [2.05, 4.69) is 21.1 Å². The van der Waals surface area contributed by atoms with E-state index in [4.69, 9.17) is 15.8 Å². The summed E-state index contributed by atoms with van der Waals surface area (Å²) >= 11 is 0. The van der Waals surface area contributed by atoms with Crippen LogP contribution in [0.3, 0.4) is 0 Å². The zero-order chi connectivity index (χ0) is 17.5. The third kappa shape index (κ3) is 4.67. The van der Waals surface area contributed by atoms with Crippen LogP contribution in [0.15, 0.2) is 23.5 Å². The van der Waals surface area contributed by atoms with E-state index in [1.165, 1.54) is 6.21 Å². The Labute approximate surface area is 141 Å². The monoisotopic (exact) mass is 330 g/mol. The van der Waals surface area contributed by atoms with Gasteiger partial charge in [0.05, 0.1) is 11.8 Å². The van der Waals surface area contributed by atoms with E-state index >= 15 is 0 Å². The van der Waals surface area contributed by atoms with E-state index in [0.717, 1.165) is 5.82 Å². The van der Waals surface area contributed by atoms with Crippen molar-refractivity contribution in [3.8, 4) is 6.07 Å². The molecule has 2 rings (SSSR count). The Morgan fingerprint density at radius 2 is 2.42 bits per heavy atom. The second-order valence-corrected chi connectivity index (χ2v) is 5.79. The van der Waals surface area contributed by atoms with E-state index < -0.39 is 0 Å². The summed E-state index contributed by atoms with van der Waals surface area (Å²) in [5, 5.41) is 12.5. The molecular weight excluding hydrogens is 308 g/mol. The van der Waals surface area contributed by atoms with Crippen LogP contribution in [0.2, 0.25) is 0 Å².